The second-order valence-corrected chi connectivity index (χ2v) is 7.04. The first-order chi connectivity index (χ1) is 12.1. The van der Waals surface area contributed by atoms with Crippen molar-refractivity contribution < 1.29 is 4.79 Å². The molecular weight excluding hydrogens is 377 g/mol. The fourth-order valence-corrected chi connectivity index (χ4v) is 3.64. The van der Waals surface area contributed by atoms with E-state index in [4.69, 9.17) is 23.2 Å². The van der Waals surface area contributed by atoms with Gasteiger partial charge in [0, 0.05) is 22.7 Å². The maximum atomic E-state index is 12.4. The molecule has 0 amide bonds. The lowest BCUT2D eigenvalue weighted by Gasteiger charge is -2.07. The molecule has 0 spiro atoms. The molecule has 0 aliphatic rings. The van der Waals surface area contributed by atoms with E-state index in [1.807, 2.05) is 35.8 Å². The lowest BCUT2D eigenvalue weighted by atomic mass is 10.1. The van der Waals surface area contributed by atoms with E-state index in [0.29, 0.717) is 27.3 Å². The summed E-state index contributed by atoms with van der Waals surface area (Å²) >= 11 is 13.4. The Kier molecular flexibility index (Phi) is 5.78. The number of aromatic nitrogens is 3. The largest absolute Gasteiger partial charge is 0.302 e. The summed E-state index contributed by atoms with van der Waals surface area (Å²) in [6.45, 7) is 2.72. The lowest BCUT2D eigenvalue weighted by molar-refractivity contribution is 0.102. The van der Waals surface area contributed by atoms with E-state index in [9.17, 15) is 4.79 Å². The number of hydrogen-bond acceptors (Lipinski definition) is 4. The van der Waals surface area contributed by atoms with Gasteiger partial charge in [0.2, 0.25) is 0 Å². The Hall–Kier alpha value is -1.82. The summed E-state index contributed by atoms with van der Waals surface area (Å²) in [6, 6.07) is 14.5. The van der Waals surface area contributed by atoms with E-state index in [1.165, 1.54) is 11.8 Å². The molecule has 0 radical (unpaired) electrons. The predicted molar refractivity (Wildman–Crippen MR) is 103 cm³/mol. The molecule has 0 unspecified atom stereocenters. The summed E-state index contributed by atoms with van der Waals surface area (Å²) in [5, 5.41) is 10.3. The molecule has 2 aromatic carbocycles. The van der Waals surface area contributed by atoms with Gasteiger partial charge in [0.1, 0.15) is 0 Å². The minimum Gasteiger partial charge on any atom is -0.302 e. The van der Waals surface area contributed by atoms with Gasteiger partial charge in [0.05, 0.1) is 10.8 Å². The summed E-state index contributed by atoms with van der Waals surface area (Å²) in [7, 11) is 0. The van der Waals surface area contributed by atoms with Crippen LogP contribution in [-0.4, -0.2) is 26.3 Å². The summed E-state index contributed by atoms with van der Waals surface area (Å²) in [5.41, 5.74) is 1.46. The Morgan fingerprint density at radius 3 is 2.48 bits per heavy atom. The van der Waals surface area contributed by atoms with Crippen LogP contribution in [0.2, 0.25) is 10.0 Å². The summed E-state index contributed by atoms with van der Waals surface area (Å²) < 4.78 is 1.98. The van der Waals surface area contributed by atoms with Gasteiger partial charge in [-0.1, -0.05) is 47.1 Å². The molecule has 3 aromatic rings. The molecule has 7 heteroatoms. The van der Waals surface area contributed by atoms with Crippen molar-refractivity contribution in [2.45, 2.75) is 18.6 Å². The number of carbonyl (C=O) groups excluding carboxylic acids is 1. The SMILES string of the molecule is CCn1c(SCC(=O)c2ccccc2Cl)nnc1-c1ccc(Cl)cc1. The summed E-state index contributed by atoms with van der Waals surface area (Å²) in [4.78, 5) is 12.4. The Morgan fingerprint density at radius 1 is 1.08 bits per heavy atom. The van der Waals surface area contributed by atoms with Crippen molar-refractivity contribution >= 4 is 40.7 Å². The molecule has 25 heavy (non-hydrogen) atoms. The highest BCUT2D eigenvalue weighted by Crippen LogP contribution is 2.26. The number of benzene rings is 2. The minimum absolute atomic E-state index is 0.0331. The number of rotatable bonds is 6. The normalized spacial score (nSPS) is 10.8. The second kappa shape index (κ2) is 8.04. The van der Waals surface area contributed by atoms with E-state index in [-0.39, 0.29) is 11.5 Å². The Labute approximate surface area is 160 Å². The number of hydrogen-bond donors (Lipinski definition) is 0. The van der Waals surface area contributed by atoms with Gasteiger partial charge in [-0.05, 0) is 43.3 Å². The smallest absolute Gasteiger partial charge is 0.191 e. The Morgan fingerprint density at radius 2 is 1.80 bits per heavy atom. The molecule has 128 valence electrons. The molecule has 0 aliphatic heterocycles. The topological polar surface area (TPSA) is 47.8 Å². The van der Waals surface area contributed by atoms with Crippen LogP contribution >= 0.6 is 35.0 Å². The van der Waals surface area contributed by atoms with Crippen LogP contribution in [0.4, 0.5) is 0 Å². The van der Waals surface area contributed by atoms with Crippen molar-refractivity contribution in [1.29, 1.82) is 0 Å². The molecule has 1 aromatic heterocycles. The third kappa shape index (κ3) is 4.06. The third-order valence-electron chi connectivity index (χ3n) is 3.64. The first-order valence-corrected chi connectivity index (χ1v) is 9.44. The molecule has 0 aliphatic carbocycles. The average molecular weight is 392 g/mol. The van der Waals surface area contributed by atoms with E-state index in [2.05, 4.69) is 10.2 Å². The van der Waals surface area contributed by atoms with Crippen LogP contribution in [-0.2, 0) is 6.54 Å². The highest BCUT2D eigenvalue weighted by atomic mass is 35.5. The van der Waals surface area contributed by atoms with E-state index in [0.717, 1.165) is 11.4 Å². The standard InChI is InChI=1S/C18H15Cl2N3OS/c1-2-23-17(12-7-9-13(19)10-8-12)21-22-18(23)25-11-16(24)14-5-3-4-6-15(14)20/h3-10H,2,11H2,1H3. The quantitative estimate of drug-likeness (QED) is 0.425. The highest BCUT2D eigenvalue weighted by molar-refractivity contribution is 7.99. The van der Waals surface area contributed by atoms with Crippen molar-refractivity contribution in [1.82, 2.24) is 14.8 Å². The molecule has 0 atom stereocenters. The van der Waals surface area contributed by atoms with Crippen LogP contribution in [0.3, 0.4) is 0 Å². The Balaban J connectivity index is 1.78. The van der Waals surface area contributed by atoms with Crippen LogP contribution in [0.15, 0.2) is 53.7 Å². The molecule has 4 nitrogen and oxygen atoms in total. The maximum Gasteiger partial charge on any atom is 0.191 e. The van der Waals surface area contributed by atoms with E-state index < -0.39 is 0 Å². The van der Waals surface area contributed by atoms with Crippen molar-refractivity contribution in [3.05, 3.63) is 64.1 Å². The minimum atomic E-state index is -0.0331. The zero-order chi connectivity index (χ0) is 17.8. The number of ketones is 1. The molecule has 0 saturated carbocycles. The van der Waals surface area contributed by atoms with Crippen LogP contribution in [0.25, 0.3) is 11.4 Å². The number of nitrogens with zero attached hydrogens (tertiary/aromatic N) is 3. The fourth-order valence-electron chi connectivity index (χ4n) is 2.39. The fraction of sp³-hybridized carbons (Fsp3) is 0.167. The van der Waals surface area contributed by atoms with Crippen LogP contribution in [0.1, 0.15) is 17.3 Å². The van der Waals surface area contributed by atoms with Crippen molar-refractivity contribution in [2.24, 2.45) is 0 Å². The molecule has 0 fully saturated rings. The molecule has 1 heterocycles. The van der Waals surface area contributed by atoms with Crippen LogP contribution in [0.5, 0.6) is 0 Å². The first kappa shape index (κ1) is 18.0. The number of halogens is 2. The van der Waals surface area contributed by atoms with Gasteiger partial charge in [-0.25, -0.2) is 0 Å². The number of thioether (sulfide) groups is 1. The predicted octanol–water partition coefficient (Wildman–Crippen LogP) is 5.25. The molecule has 0 N–H and O–H groups in total. The van der Waals surface area contributed by atoms with Crippen molar-refractivity contribution in [3.8, 4) is 11.4 Å². The molecule has 0 saturated heterocycles. The average Bonchev–Trinajstić information content (AvgIpc) is 3.03. The lowest BCUT2D eigenvalue weighted by Crippen LogP contribution is -2.05. The van der Waals surface area contributed by atoms with Crippen LogP contribution < -0.4 is 0 Å². The van der Waals surface area contributed by atoms with Crippen molar-refractivity contribution in [2.75, 3.05) is 5.75 Å². The second-order valence-electron chi connectivity index (χ2n) is 5.25. The van der Waals surface area contributed by atoms with E-state index in [1.54, 1.807) is 24.3 Å². The highest BCUT2D eigenvalue weighted by Gasteiger charge is 2.16. The zero-order valence-electron chi connectivity index (χ0n) is 13.4. The summed E-state index contributed by atoms with van der Waals surface area (Å²) in [6.07, 6.45) is 0. The monoisotopic (exact) mass is 391 g/mol. The third-order valence-corrected chi connectivity index (χ3v) is 5.19. The van der Waals surface area contributed by atoms with Gasteiger partial charge in [-0.3, -0.25) is 4.79 Å². The number of Topliss-reactive ketones (excluding diaryl/α,β-unsaturated/α-hetero) is 1. The van der Waals surface area contributed by atoms with Gasteiger partial charge in [-0.15, -0.1) is 10.2 Å². The van der Waals surface area contributed by atoms with Gasteiger partial charge in [0.25, 0.3) is 0 Å². The molecular formula is C18H15Cl2N3OS. The van der Waals surface area contributed by atoms with Gasteiger partial charge in [-0.2, -0.15) is 0 Å². The van der Waals surface area contributed by atoms with Gasteiger partial charge < -0.3 is 4.57 Å². The van der Waals surface area contributed by atoms with Crippen LogP contribution in [0, 0.1) is 0 Å². The number of carbonyl (C=O) groups is 1. The van der Waals surface area contributed by atoms with Gasteiger partial charge >= 0.3 is 0 Å². The summed E-state index contributed by atoms with van der Waals surface area (Å²) in [5.74, 6) is 0.976. The van der Waals surface area contributed by atoms with Crippen molar-refractivity contribution in [3.63, 3.8) is 0 Å². The zero-order valence-corrected chi connectivity index (χ0v) is 15.8. The maximum absolute atomic E-state index is 12.4. The van der Waals surface area contributed by atoms with E-state index >= 15 is 0 Å². The molecule has 0 bridgehead atoms. The Bertz CT molecular complexity index is 894. The first-order valence-electron chi connectivity index (χ1n) is 7.69. The van der Waals surface area contributed by atoms with Gasteiger partial charge in [0.15, 0.2) is 16.8 Å². The molecule has 3 rings (SSSR count).